The van der Waals surface area contributed by atoms with Crippen molar-refractivity contribution in [2.45, 2.75) is 0 Å². The number of ether oxygens (including phenoxy) is 1. The van der Waals surface area contributed by atoms with E-state index in [2.05, 4.69) is 0 Å². The van der Waals surface area contributed by atoms with Crippen molar-refractivity contribution in [3.63, 3.8) is 0 Å². The second kappa shape index (κ2) is 5.61. The Morgan fingerprint density at radius 2 is 1.90 bits per heavy atom. The molecule has 0 aromatic heterocycles. The summed E-state index contributed by atoms with van der Waals surface area (Å²) in [6, 6.07) is 11.0. The van der Waals surface area contributed by atoms with Gasteiger partial charge in [0.25, 0.3) is 5.91 Å². The van der Waals surface area contributed by atoms with Gasteiger partial charge in [0.2, 0.25) is 0 Å². The summed E-state index contributed by atoms with van der Waals surface area (Å²) in [7, 11) is 2.94. The van der Waals surface area contributed by atoms with Crippen LogP contribution >= 0.6 is 0 Å². The predicted molar refractivity (Wildman–Crippen MR) is 76.5 cm³/mol. The molecule has 104 valence electrons. The molecule has 0 saturated carbocycles. The Hall–Kier alpha value is -2.56. The molecule has 20 heavy (non-hydrogen) atoms. The highest BCUT2D eigenvalue weighted by Gasteiger charge is 2.20. The second-order valence-electron chi connectivity index (χ2n) is 4.24. The number of methoxy groups -OCH3 is 1. The molecule has 0 atom stereocenters. The molecule has 2 N–H and O–H groups in total. The first-order chi connectivity index (χ1) is 9.56. The lowest BCUT2D eigenvalue weighted by Crippen LogP contribution is -2.27. The summed E-state index contributed by atoms with van der Waals surface area (Å²) >= 11 is 0. The minimum Gasteiger partial charge on any atom is -0.494 e. The van der Waals surface area contributed by atoms with Crippen molar-refractivity contribution in [3.8, 4) is 5.75 Å². The molecule has 0 bridgehead atoms. The zero-order chi connectivity index (χ0) is 14.7. The van der Waals surface area contributed by atoms with Crippen LogP contribution in [0.4, 0.5) is 15.8 Å². The van der Waals surface area contributed by atoms with Gasteiger partial charge >= 0.3 is 0 Å². The number of hydrogen-bond acceptors (Lipinski definition) is 3. The van der Waals surface area contributed by atoms with Gasteiger partial charge in [-0.1, -0.05) is 18.2 Å². The van der Waals surface area contributed by atoms with Gasteiger partial charge in [-0.3, -0.25) is 4.79 Å². The summed E-state index contributed by atoms with van der Waals surface area (Å²) in [5.41, 5.74) is 6.62. The molecular formula is C15H15FN2O2. The largest absolute Gasteiger partial charge is 0.494 e. The van der Waals surface area contributed by atoms with E-state index < -0.39 is 5.82 Å². The minimum atomic E-state index is -0.466. The fourth-order valence-corrected chi connectivity index (χ4v) is 1.96. The smallest absolute Gasteiger partial charge is 0.261 e. The Morgan fingerprint density at radius 3 is 2.55 bits per heavy atom. The van der Waals surface area contributed by atoms with E-state index in [4.69, 9.17) is 10.5 Å². The molecule has 0 heterocycles. The Bertz CT molecular complexity index is 644. The lowest BCUT2D eigenvalue weighted by atomic mass is 10.1. The van der Waals surface area contributed by atoms with Gasteiger partial charge in [-0.05, 0) is 24.3 Å². The van der Waals surface area contributed by atoms with Crippen LogP contribution in [0.15, 0.2) is 42.5 Å². The molecule has 0 spiro atoms. The van der Waals surface area contributed by atoms with Crippen molar-refractivity contribution >= 4 is 17.3 Å². The Balaban J connectivity index is 2.42. The van der Waals surface area contributed by atoms with E-state index in [1.165, 1.54) is 31.2 Å². The van der Waals surface area contributed by atoms with Crippen molar-refractivity contribution < 1.29 is 13.9 Å². The third-order valence-electron chi connectivity index (χ3n) is 3.00. The zero-order valence-electron chi connectivity index (χ0n) is 11.3. The Morgan fingerprint density at radius 1 is 1.20 bits per heavy atom. The summed E-state index contributed by atoms with van der Waals surface area (Å²) in [6.07, 6.45) is 0. The van der Waals surface area contributed by atoms with Crippen LogP contribution in [0.5, 0.6) is 5.75 Å². The quantitative estimate of drug-likeness (QED) is 0.875. The molecule has 0 unspecified atom stereocenters. The molecule has 1 amide bonds. The molecule has 0 aliphatic carbocycles. The lowest BCUT2D eigenvalue weighted by Gasteiger charge is -2.19. The van der Waals surface area contributed by atoms with Gasteiger partial charge in [0, 0.05) is 7.05 Å². The molecule has 5 heteroatoms. The van der Waals surface area contributed by atoms with Crippen LogP contribution in [0.1, 0.15) is 10.4 Å². The van der Waals surface area contributed by atoms with Crippen LogP contribution in [0.25, 0.3) is 0 Å². The number of hydrogen-bond donors (Lipinski definition) is 1. The van der Waals surface area contributed by atoms with Gasteiger partial charge in [-0.15, -0.1) is 0 Å². The van der Waals surface area contributed by atoms with E-state index >= 15 is 0 Å². The van der Waals surface area contributed by atoms with Gasteiger partial charge in [-0.25, -0.2) is 4.39 Å². The molecule has 0 fully saturated rings. The SMILES string of the molecule is COc1c(N)cccc1C(=O)N(C)c1ccccc1F. The van der Waals surface area contributed by atoms with Crippen LogP contribution in [0.3, 0.4) is 0 Å². The van der Waals surface area contributed by atoms with Crippen molar-refractivity contribution in [3.05, 3.63) is 53.8 Å². The number of carbonyl (C=O) groups excluding carboxylic acids is 1. The first-order valence-electron chi connectivity index (χ1n) is 6.01. The predicted octanol–water partition coefficient (Wildman–Crippen LogP) is 2.69. The molecule has 0 radical (unpaired) electrons. The average Bonchev–Trinajstić information content (AvgIpc) is 2.46. The minimum absolute atomic E-state index is 0.196. The van der Waals surface area contributed by atoms with Gasteiger partial charge in [0.1, 0.15) is 5.82 Å². The van der Waals surface area contributed by atoms with Gasteiger partial charge in [0.05, 0.1) is 24.0 Å². The van der Waals surface area contributed by atoms with E-state index in [0.717, 1.165) is 0 Å². The third-order valence-corrected chi connectivity index (χ3v) is 3.00. The van der Waals surface area contributed by atoms with Crippen LogP contribution < -0.4 is 15.4 Å². The highest BCUT2D eigenvalue weighted by atomic mass is 19.1. The molecule has 4 nitrogen and oxygen atoms in total. The third kappa shape index (κ3) is 2.42. The maximum absolute atomic E-state index is 13.7. The molecule has 2 aromatic carbocycles. The first kappa shape index (κ1) is 13.9. The number of amides is 1. The summed E-state index contributed by atoms with van der Waals surface area (Å²) in [6.45, 7) is 0. The highest BCUT2D eigenvalue weighted by Crippen LogP contribution is 2.28. The van der Waals surface area contributed by atoms with Crippen molar-refractivity contribution in [2.24, 2.45) is 0 Å². The van der Waals surface area contributed by atoms with Crippen molar-refractivity contribution in [1.82, 2.24) is 0 Å². The summed E-state index contributed by atoms with van der Waals surface area (Å²) in [5.74, 6) is -0.564. The lowest BCUT2D eigenvalue weighted by molar-refractivity contribution is 0.0989. The van der Waals surface area contributed by atoms with E-state index in [1.54, 1.807) is 30.3 Å². The summed E-state index contributed by atoms with van der Waals surface area (Å²) in [4.78, 5) is 13.7. The van der Waals surface area contributed by atoms with E-state index in [-0.39, 0.29) is 11.6 Å². The zero-order valence-corrected chi connectivity index (χ0v) is 11.3. The topological polar surface area (TPSA) is 55.6 Å². The standard InChI is InChI=1S/C15H15FN2O2/c1-18(13-9-4-3-7-11(13)16)15(19)10-6-5-8-12(17)14(10)20-2/h3-9H,17H2,1-2H3. The van der Waals surface area contributed by atoms with E-state index in [9.17, 15) is 9.18 Å². The monoisotopic (exact) mass is 274 g/mol. The Labute approximate surface area is 116 Å². The number of nitrogens with zero attached hydrogens (tertiary/aromatic N) is 1. The number of carbonyl (C=O) groups is 1. The number of para-hydroxylation sites is 2. The van der Waals surface area contributed by atoms with Gasteiger partial charge < -0.3 is 15.4 Å². The fraction of sp³-hybridized carbons (Fsp3) is 0.133. The van der Waals surface area contributed by atoms with E-state index in [1.807, 2.05) is 0 Å². The average molecular weight is 274 g/mol. The molecule has 0 saturated heterocycles. The number of benzene rings is 2. The molecular weight excluding hydrogens is 259 g/mol. The molecule has 0 aliphatic rings. The molecule has 2 rings (SSSR count). The number of nitrogens with two attached hydrogens (primary N) is 1. The van der Waals surface area contributed by atoms with Crippen LogP contribution in [-0.4, -0.2) is 20.1 Å². The highest BCUT2D eigenvalue weighted by molar-refractivity contribution is 6.08. The summed E-state index contributed by atoms with van der Waals surface area (Å²) < 4.78 is 18.9. The summed E-state index contributed by atoms with van der Waals surface area (Å²) in [5, 5.41) is 0. The van der Waals surface area contributed by atoms with Gasteiger partial charge in [-0.2, -0.15) is 0 Å². The number of halogens is 1. The van der Waals surface area contributed by atoms with Crippen LogP contribution in [0.2, 0.25) is 0 Å². The first-order valence-corrected chi connectivity index (χ1v) is 6.01. The molecule has 2 aromatic rings. The van der Waals surface area contributed by atoms with E-state index in [0.29, 0.717) is 17.0 Å². The molecule has 0 aliphatic heterocycles. The van der Waals surface area contributed by atoms with Crippen LogP contribution in [-0.2, 0) is 0 Å². The number of anilines is 2. The normalized spacial score (nSPS) is 10.2. The fourth-order valence-electron chi connectivity index (χ4n) is 1.96. The second-order valence-corrected chi connectivity index (χ2v) is 4.24. The Kier molecular flexibility index (Phi) is 3.89. The van der Waals surface area contributed by atoms with Gasteiger partial charge in [0.15, 0.2) is 5.75 Å². The number of nitrogen functional groups attached to an aromatic ring is 1. The maximum atomic E-state index is 13.7. The van der Waals surface area contributed by atoms with Crippen LogP contribution in [0, 0.1) is 5.82 Å². The number of rotatable bonds is 3. The maximum Gasteiger partial charge on any atom is 0.261 e. The van der Waals surface area contributed by atoms with Crippen molar-refractivity contribution in [2.75, 3.05) is 24.8 Å². The van der Waals surface area contributed by atoms with Crippen molar-refractivity contribution in [1.29, 1.82) is 0 Å².